The van der Waals surface area contributed by atoms with Crippen LogP contribution in [0.2, 0.25) is 0 Å². The molecule has 1 amide bonds. The summed E-state index contributed by atoms with van der Waals surface area (Å²) in [5.41, 5.74) is 2.34. The molecule has 1 aromatic rings. The topological polar surface area (TPSA) is 49.3 Å². The molecule has 1 aliphatic rings. The van der Waals surface area contributed by atoms with Crippen LogP contribution in [-0.2, 0) is 4.79 Å². The van der Waals surface area contributed by atoms with Crippen LogP contribution in [0.3, 0.4) is 0 Å². The first-order valence-corrected chi connectivity index (χ1v) is 7.77. The molecule has 2 unspecified atom stereocenters. The number of carbonyl (C=O) groups excluding carboxylic acids is 1. The molecule has 2 rings (SSSR count). The van der Waals surface area contributed by atoms with Crippen molar-refractivity contribution >= 4 is 17.7 Å². The molecule has 104 valence electrons. The van der Waals surface area contributed by atoms with Crippen LogP contribution in [0, 0.1) is 13.8 Å². The van der Waals surface area contributed by atoms with Gasteiger partial charge >= 0.3 is 0 Å². The molecule has 1 fully saturated rings. The van der Waals surface area contributed by atoms with Crippen molar-refractivity contribution in [3.8, 4) is 0 Å². The number of carbonyl (C=O) groups is 1. The van der Waals surface area contributed by atoms with E-state index in [0.717, 1.165) is 11.3 Å². The minimum absolute atomic E-state index is 0.0815. The first kappa shape index (κ1) is 14.4. The van der Waals surface area contributed by atoms with Gasteiger partial charge in [-0.2, -0.15) is 11.8 Å². The van der Waals surface area contributed by atoms with Gasteiger partial charge in [0.15, 0.2) is 5.60 Å². The molecule has 0 radical (unpaired) electrons. The van der Waals surface area contributed by atoms with E-state index in [9.17, 15) is 9.90 Å². The summed E-state index contributed by atoms with van der Waals surface area (Å²) in [4.78, 5) is 12.2. The average Bonchev–Trinajstić information content (AvgIpc) is 2.81. The quantitative estimate of drug-likeness (QED) is 0.893. The highest BCUT2D eigenvalue weighted by Gasteiger charge is 2.39. The van der Waals surface area contributed by atoms with Crippen molar-refractivity contribution in [1.82, 2.24) is 5.32 Å². The molecule has 2 atom stereocenters. The fourth-order valence-corrected chi connectivity index (χ4v) is 3.62. The van der Waals surface area contributed by atoms with Crippen LogP contribution >= 0.6 is 11.8 Å². The summed E-state index contributed by atoms with van der Waals surface area (Å²) >= 11 is 1.63. The Morgan fingerprint density at radius 1 is 1.47 bits per heavy atom. The van der Waals surface area contributed by atoms with Crippen molar-refractivity contribution in [2.24, 2.45) is 0 Å². The molecule has 0 bridgehead atoms. The van der Waals surface area contributed by atoms with E-state index in [1.165, 1.54) is 11.1 Å². The molecule has 0 spiro atoms. The second kappa shape index (κ2) is 5.55. The third-order valence-electron chi connectivity index (χ3n) is 3.88. The first-order valence-electron chi connectivity index (χ1n) is 6.61. The van der Waals surface area contributed by atoms with E-state index in [2.05, 4.69) is 25.2 Å². The minimum Gasteiger partial charge on any atom is -0.379 e. The Hall–Kier alpha value is -1.00. The molecule has 3 nitrogen and oxygen atoms in total. The lowest BCUT2D eigenvalue weighted by Gasteiger charge is -2.24. The molecule has 1 saturated heterocycles. The maximum Gasteiger partial charge on any atom is 0.253 e. The van der Waals surface area contributed by atoms with Crippen LogP contribution in [0.4, 0.5) is 0 Å². The van der Waals surface area contributed by atoms with E-state index in [-0.39, 0.29) is 11.9 Å². The van der Waals surface area contributed by atoms with Crippen molar-refractivity contribution in [2.75, 3.05) is 11.5 Å². The molecular formula is C15H21NO2S. The highest BCUT2D eigenvalue weighted by atomic mass is 32.2. The second-order valence-electron chi connectivity index (χ2n) is 5.32. The van der Waals surface area contributed by atoms with Gasteiger partial charge in [0, 0.05) is 5.75 Å². The highest BCUT2D eigenvalue weighted by molar-refractivity contribution is 7.99. The highest BCUT2D eigenvalue weighted by Crippen LogP contribution is 2.29. The molecule has 0 aliphatic carbocycles. The lowest BCUT2D eigenvalue weighted by molar-refractivity contribution is -0.137. The SMILES string of the molecule is Cc1cccc(C(C)NC(=O)C2(O)CCSC2)c1C. The van der Waals surface area contributed by atoms with E-state index < -0.39 is 5.60 Å². The van der Waals surface area contributed by atoms with Crippen LogP contribution in [0.25, 0.3) is 0 Å². The van der Waals surface area contributed by atoms with Crippen LogP contribution in [-0.4, -0.2) is 28.1 Å². The van der Waals surface area contributed by atoms with Crippen LogP contribution in [0.1, 0.15) is 36.1 Å². The molecule has 4 heteroatoms. The number of thioether (sulfide) groups is 1. The molecule has 1 aromatic carbocycles. The summed E-state index contributed by atoms with van der Waals surface area (Å²) < 4.78 is 0. The van der Waals surface area contributed by atoms with Crippen LogP contribution in [0.5, 0.6) is 0 Å². The summed E-state index contributed by atoms with van der Waals surface area (Å²) in [7, 11) is 0. The molecule has 19 heavy (non-hydrogen) atoms. The fourth-order valence-electron chi connectivity index (χ4n) is 2.38. The number of hydrogen-bond donors (Lipinski definition) is 2. The Bertz CT molecular complexity index is 481. The van der Waals surface area contributed by atoms with Gasteiger partial charge in [-0.3, -0.25) is 4.79 Å². The van der Waals surface area contributed by atoms with Gasteiger partial charge in [0.25, 0.3) is 5.91 Å². The van der Waals surface area contributed by atoms with Crippen molar-refractivity contribution in [3.63, 3.8) is 0 Å². The zero-order chi connectivity index (χ0) is 14.0. The van der Waals surface area contributed by atoms with Gasteiger partial charge in [0.2, 0.25) is 0 Å². The predicted octanol–water partition coefficient (Wildman–Crippen LogP) is 2.35. The lowest BCUT2D eigenvalue weighted by atomic mass is 9.97. The molecular weight excluding hydrogens is 258 g/mol. The van der Waals surface area contributed by atoms with E-state index in [1.807, 2.05) is 19.1 Å². The smallest absolute Gasteiger partial charge is 0.253 e. The number of hydrogen-bond acceptors (Lipinski definition) is 3. The van der Waals surface area contributed by atoms with Crippen LogP contribution < -0.4 is 5.32 Å². The Kier molecular flexibility index (Phi) is 4.21. The van der Waals surface area contributed by atoms with E-state index in [4.69, 9.17) is 0 Å². The normalized spacial score (nSPS) is 24.2. The number of nitrogens with one attached hydrogen (secondary N) is 1. The second-order valence-corrected chi connectivity index (χ2v) is 6.42. The first-order chi connectivity index (χ1) is 8.94. The maximum absolute atomic E-state index is 12.2. The van der Waals surface area contributed by atoms with Crippen LogP contribution in [0.15, 0.2) is 18.2 Å². The number of benzene rings is 1. The Morgan fingerprint density at radius 3 is 2.84 bits per heavy atom. The standard InChI is InChI=1S/C15H21NO2S/c1-10-5-4-6-13(11(10)2)12(3)16-14(17)15(18)7-8-19-9-15/h4-6,12,18H,7-9H2,1-3H3,(H,16,17). The molecule has 2 N–H and O–H groups in total. The molecule has 0 saturated carbocycles. The molecule has 1 heterocycles. The predicted molar refractivity (Wildman–Crippen MR) is 79.4 cm³/mol. The van der Waals surface area contributed by atoms with E-state index >= 15 is 0 Å². The van der Waals surface area contributed by atoms with Crippen molar-refractivity contribution in [1.29, 1.82) is 0 Å². The lowest BCUT2D eigenvalue weighted by Crippen LogP contribution is -2.47. The zero-order valence-corrected chi connectivity index (χ0v) is 12.5. The number of rotatable bonds is 3. The van der Waals surface area contributed by atoms with Gasteiger partial charge in [-0.1, -0.05) is 18.2 Å². The third kappa shape index (κ3) is 2.95. The van der Waals surface area contributed by atoms with Gasteiger partial charge < -0.3 is 10.4 Å². The summed E-state index contributed by atoms with van der Waals surface area (Å²) in [6, 6.07) is 6.01. The summed E-state index contributed by atoms with van der Waals surface area (Å²) in [6.07, 6.45) is 0.545. The third-order valence-corrected chi connectivity index (χ3v) is 5.06. The van der Waals surface area contributed by atoms with Gasteiger partial charge in [-0.25, -0.2) is 0 Å². The van der Waals surface area contributed by atoms with Gasteiger partial charge in [-0.15, -0.1) is 0 Å². The van der Waals surface area contributed by atoms with E-state index in [1.54, 1.807) is 11.8 Å². The van der Waals surface area contributed by atoms with E-state index in [0.29, 0.717) is 12.2 Å². The van der Waals surface area contributed by atoms with Gasteiger partial charge in [0.05, 0.1) is 6.04 Å². The largest absolute Gasteiger partial charge is 0.379 e. The summed E-state index contributed by atoms with van der Waals surface area (Å²) in [5.74, 6) is 1.10. The van der Waals surface area contributed by atoms with Crippen molar-refractivity contribution in [2.45, 2.75) is 38.8 Å². The van der Waals surface area contributed by atoms with Gasteiger partial charge in [0.1, 0.15) is 0 Å². The van der Waals surface area contributed by atoms with Crippen molar-refractivity contribution in [3.05, 3.63) is 34.9 Å². The number of aliphatic hydroxyl groups is 1. The number of amides is 1. The van der Waals surface area contributed by atoms with Crippen molar-refractivity contribution < 1.29 is 9.90 Å². The Labute approximate surface area is 118 Å². The fraction of sp³-hybridized carbons (Fsp3) is 0.533. The average molecular weight is 279 g/mol. The summed E-state index contributed by atoms with van der Waals surface area (Å²) in [5, 5.41) is 13.2. The number of aryl methyl sites for hydroxylation is 1. The Morgan fingerprint density at radius 2 is 2.21 bits per heavy atom. The maximum atomic E-state index is 12.2. The molecule has 0 aromatic heterocycles. The summed E-state index contributed by atoms with van der Waals surface area (Å²) in [6.45, 7) is 6.09. The minimum atomic E-state index is -1.18. The molecule has 1 aliphatic heterocycles. The van der Waals surface area contributed by atoms with Gasteiger partial charge in [-0.05, 0) is 49.6 Å². The Balaban J connectivity index is 2.10. The monoisotopic (exact) mass is 279 g/mol. The zero-order valence-electron chi connectivity index (χ0n) is 11.7.